The topological polar surface area (TPSA) is 20.3 Å². The summed E-state index contributed by atoms with van der Waals surface area (Å²) in [6, 6.07) is 0. The first kappa shape index (κ1) is 5.63. The van der Waals surface area contributed by atoms with E-state index in [9.17, 15) is 4.79 Å². The van der Waals surface area contributed by atoms with E-state index in [2.05, 4.69) is 0 Å². The van der Waals surface area contributed by atoms with Gasteiger partial charge in [0.2, 0.25) is 0 Å². The van der Waals surface area contributed by atoms with Crippen LogP contribution in [0.5, 0.6) is 0 Å². The van der Waals surface area contributed by atoms with E-state index in [-0.39, 0.29) is 0 Å². The zero-order valence-electron chi connectivity index (χ0n) is 4.14. The lowest BCUT2D eigenvalue weighted by Gasteiger charge is -1.99. The van der Waals surface area contributed by atoms with Gasteiger partial charge < -0.3 is 9.69 Å². The van der Waals surface area contributed by atoms with Crippen molar-refractivity contribution in [2.75, 3.05) is 20.6 Å². The van der Waals surface area contributed by atoms with Gasteiger partial charge in [0.1, 0.15) is 6.29 Å². The highest BCUT2D eigenvalue weighted by atomic mass is 18.1. The van der Waals surface area contributed by atoms with Crippen molar-refractivity contribution in [3.05, 3.63) is 0 Å². The molecule has 0 saturated carbocycles. The van der Waals surface area contributed by atoms with Gasteiger partial charge in [0.15, 0.2) is 0 Å². The van der Waals surface area contributed by atoms with Gasteiger partial charge in [0.25, 0.3) is 0 Å². The Balaban J connectivity index is 2.81. The standard InChI is InChI=1S/C4H9NO/c1-5(2)3-4-6/h4H,3H2,1-2H3/i4+1,6+2. The van der Waals surface area contributed by atoms with E-state index in [4.69, 9.17) is 0 Å². The minimum absolute atomic E-state index is 0.528. The summed E-state index contributed by atoms with van der Waals surface area (Å²) in [5, 5.41) is 0. The molecule has 0 aliphatic carbocycles. The fourth-order valence-electron chi connectivity index (χ4n) is 0.149. The van der Waals surface area contributed by atoms with Crippen molar-refractivity contribution < 1.29 is 4.79 Å². The average molecular weight is 90.1 g/mol. The molecule has 0 radical (unpaired) electrons. The molecule has 0 atom stereocenters. The van der Waals surface area contributed by atoms with Gasteiger partial charge in [-0.3, -0.25) is 0 Å². The molecule has 0 rings (SSSR count). The van der Waals surface area contributed by atoms with Crippen LogP contribution in [0.1, 0.15) is 0 Å². The summed E-state index contributed by atoms with van der Waals surface area (Å²) in [5.41, 5.74) is 0. The molecule has 0 unspecified atom stereocenters. The second-order valence-electron chi connectivity index (χ2n) is 1.43. The highest BCUT2D eigenvalue weighted by Crippen LogP contribution is 1.62. The summed E-state index contributed by atoms with van der Waals surface area (Å²) in [6.07, 6.45) is 0.875. The summed E-state index contributed by atoms with van der Waals surface area (Å²) in [7, 11) is 3.71. The zero-order valence-corrected chi connectivity index (χ0v) is 4.14. The normalized spacial score (nSPS) is 9.17. The Bertz CT molecular complexity index is 42.8. The first-order valence-electron chi connectivity index (χ1n) is 1.85. The molecule has 0 spiro atoms. The third kappa shape index (κ3) is 3.63. The molecule has 0 fully saturated rings. The number of likely N-dealkylation sites (N-methyl/N-ethyl adjacent to an activating group) is 1. The third-order valence-electron chi connectivity index (χ3n) is 0.440. The van der Waals surface area contributed by atoms with Crippen LogP contribution in [0.2, 0.25) is 0 Å². The molecule has 0 aliphatic heterocycles. The van der Waals surface area contributed by atoms with Crippen molar-refractivity contribution in [3.63, 3.8) is 0 Å². The van der Waals surface area contributed by atoms with Crippen LogP contribution in [0.15, 0.2) is 0 Å². The molecular weight excluding hydrogens is 81.0 g/mol. The first-order chi connectivity index (χ1) is 2.77. The molecule has 0 saturated heterocycles. The number of nitrogens with zero attached hydrogens (tertiary/aromatic N) is 1. The van der Waals surface area contributed by atoms with Gasteiger partial charge >= 0.3 is 0 Å². The minimum Gasteiger partial charge on any atom is -0.303 e. The maximum atomic E-state index is 9.57. The highest BCUT2D eigenvalue weighted by molar-refractivity contribution is 5.51. The molecular formula is C4H9NO. The van der Waals surface area contributed by atoms with Crippen LogP contribution in [0, 0.1) is 0 Å². The monoisotopic (exact) mass is 90.1 g/mol. The second kappa shape index (κ2) is 2.85. The highest BCUT2D eigenvalue weighted by Gasteiger charge is 1.79. The lowest BCUT2D eigenvalue weighted by molar-refractivity contribution is -0.108. The smallest absolute Gasteiger partial charge is 0.133 e. The van der Waals surface area contributed by atoms with Crippen molar-refractivity contribution in [1.82, 2.24) is 4.90 Å². The number of hydrogen-bond donors (Lipinski definition) is 0. The Kier molecular flexibility index (Phi) is 2.67. The molecule has 2 nitrogen and oxygen atoms in total. The summed E-state index contributed by atoms with van der Waals surface area (Å²) in [6.45, 7) is 0.528. The first-order valence-corrected chi connectivity index (χ1v) is 1.85. The molecule has 0 bridgehead atoms. The second-order valence-corrected chi connectivity index (χ2v) is 1.43. The van der Waals surface area contributed by atoms with Crippen molar-refractivity contribution in [3.8, 4) is 0 Å². The van der Waals surface area contributed by atoms with Gasteiger partial charge in [-0.25, -0.2) is 0 Å². The van der Waals surface area contributed by atoms with Gasteiger partial charge in [0.05, 0.1) is 6.54 Å². The number of hydrogen-bond acceptors (Lipinski definition) is 2. The predicted molar refractivity (Wildman–Crippen MR) is 24.6 cm³/mol. The summed E-state index contributed by atoms with van der Waals surface area (Å²) < 4.78 is 0. The van der Waals surface area contributed by atoms with Crippen molar-refractivity contribution in [1.29, 1.82) is 0 Å². The molecule has 0 aliphatic rings. The van der Waals surface area contributed by atoms with E-state index < -0.39 is 0 Å². The minimum atomic E-state index is 0.528. The van der Waals surface area contributed by atoms with Crippen molar-refractivity contribution in [2.45, 2.75) is 0 Å². The van der Waals surface area contributed by atoms with Crippen LogP contribution in [0.4, 0.5) is 0 Å². The average Bonchev–Trinajstić information content (AvgIpc) is 1.35. The van der Waals surface area contributed by atoms with Gasteiger partial charge in [0, 0.05) is 0 Å². The van der Waals surface area contributed by atoms with Gasteiger partial charge in [-0.15, -0.1) is 0 Å². The maximum Gasteiger partial charge on any atom is 0.133 e. The molecule has 0 heterocycles. The largest absolute Gasteiger partial charge is 0.303 e. The van der Waals surface area contributed by atoms with Gasteiger partial charge in [-0.2, -0.15) is 0 Å². The Hall–Kier alpha value is -0.370. The predicted octanol–water partition coefficient (Wildman–Crippen LogP) is -0.253. The van der Waals surface area contributed by atoms with Gasteiger partial charge in [-0.05, 0) is 14.1 Å². The van der Waals surface area contributed by atoms with Crippen LogP contribution >= 0.6 is 0 Å². The molecule has 0 aromatic heterocycles. The Morgan fingerprint density at radius 1 is 1.67 bits per heavy atom. The van der Waals surface area contributed by atoms with Crippen LogP contribution in [0.25, 0.3) is 0 Å². The zero-order chi connectivity index (χ0) is 4.99. The number of rotatable bonds is 2. The van der Waals surface area contributed by atoms with E-state index in [0.717, 1.165) is 6.29 Å². The van der Waals surface area contributed by atoms with E-state index in [1.165, 1.54) is 0 Å². The molecule has 36 valence electrons. The fraction of sp³-hybridized carbons (Fsp3) is 0.750. The van der Waals surface area contributed by atoms with Crippen LogP contribution < -0.4 is 0 Å². The quantitative estimate of drug-likeness (QED) is 0.264. The summed E-state index contributed by atoms with van der Waals surface area (Å²) in [4.78, 5) is 11.4. The van der Waals surface area contributed by atoms with E-state index in [1.54, 1.807) is 0 Å². The SMILES string of the molecule is CN(C)C[13CH]=[18O]. The molecule has 2 heteroatoms. The number of carbonyl (C=O) groups excluding carboxylic acids is 1. The van der Waals surface area contributed by atoms with Gasteiger partial charge in [-0.1, -0.05) is 0 Å². The van der Waals surface area contributed by atoms with Crippen LogP contribution in [0.3, 0.4) is 0 Å². The Labute approximate surface area is 37.8 Å². The molecule has 0 N–H and O–H groups in total. The molecule has 6 heavy (non-hydrogen) atoms. The van der Waals surface area contributed by atoms with E-state index in [0.29, 0.717) is 6.54 Å². The molecule has 0 amide bonds. The van der Waals surface area contributed by atoms with Crippen molar-refractivity contribution in [2.24, 2.45) is 0 Å². The third-order valence-corrected chi connectivity index (χ3v) is 0.440. The number of carbonyl (C=O) groups is 1. The molecule has 0 aromatic rings. The fourth-order valence-corrected chi connectivity index (χ4v) is 0.149. The lowest BCUT2D eigenvalue weighted by atomic mass is 10.8. The lowest BCUT2D eigenvalue weighted by Crippen LogP contribution is -2.13. The van der Waals surface area contributed by atoms with Crippen molar-refractivity contribution >= 4 is 6.29 Å². The Morgan fingerprint density at radius 2 is 2.17 bits per heavy atom. The van der Waals surface area contributed by atoms with E-state index >= 15 is 0 Å². The number of aldehydes is 1. The summed E-state index contributed by atoms with van der Waals surface area (Å²) >= 11 is 0. The molecule has 0 aromatic carbocycles. The van der Waals surface area contributed by atoms with Crippen LogP contribution in [-0.4, -0.2) is 31.8 Å². The maximum absolute atomic E-state index is 9.57. The van der Waals surface area contributed by atoms with Crippen LogP contribution in [-0.2, 0) is 4.79 Å². The summed E-state index contributed by atoms with van der Waals surface area (Å²) in [5.74, 6) is 0. The Morgan fingerprint density at radius 3 is 2.17 bits per heavy atom. The van der Waals surface area contributed by atoms with E-state index in [1.807, 2.05) is 19.0 Å².